The quantitative estimate of drug-likeness (QED) is 0.611. The Balaban J connectivity index is 2.04. The molecule has 2 N–H and O–H groups in total. The van der Waals surface area contributed by atoms with Crippen LogP contribution >= 0.6 is 11.8 Å². The van der Waals surface area contributed by atoms with Crippen LogP contribution in [-0.4, -0.2) is 27.8 Å². The van der Waals surface area contributed by atoms with Crippen LogP contribution in [0.2, 0.25) is 0 Å². The average Bonchev–Trinajstić information content (AvgIpc) is 2.98. The summed E-state index contributed by atoms with van der Waals surface area (Å²) in [6.45, 7) is 1.64. The van der Waals surface area contributed by atoms with E-state index in [1.54, 1.807) is 25.1 Å². The molecule has 0 unspecified atom stereocenters. The van der Waals surface area contributed by atoms with Gasteiger partial charge in [0.1, 0.15) is 22.1 Å². The van der Waals surface area contributed by atoms with Crippen LogP contribution in [-0.2, 0) is 15.7 Å². The SMILES string of the molecule is CCOC(=O)C1=C(O)/C(=C\c2ccc(O)cc2)SC1=Nc1cccc(C(F)(F)F)c1. The average molecular weight is 435 g/mol. The molecule has 0 saturated heterocycles. The molecule has 3 rings (SSSR count). The minimum absolute atomic E-state index is 0.0205. The second kappa shape index (κ2) is 8.66. The number of hydrogen-bond acceptors (Lipinski definition) is 6. The van der Waals surface area contributed by atoms with Gasteiger partial charge in [0, 0.05) is 0 Å². The van der Waals surface area contributed by atoms with Crippen LogP contribution in [0.25, 0.3) is 6.08 Å². The van der Waals surface area contributed by atoms with Gasteiger partial charge < -0.3 is 14.9 Å². The maximum atomic E-state index is 13.0. The Morgan fingerprint density at radius 2 is 1.87 bits per heavy atom. The molecule has 0 saturated carbocycles. The van der Waals surface area contributed by atoms with Crippen molar-refractivity contribution in [1.29, 1.82) is 0 Å². The fraction of sp³-hybridized carbons (Fsp3) is 0.143. The number of thioether (sulfide) groups is 1. The van der Waals surface area contributed by atoms with E-state index in [2.05, 4.69) is 4.99 Å². The highest BCUT2D eigenvalue weighted by Gasteiger charge is 2.34. The van der Waals surface area contributed by atoms with Gasteiger partial charge in [-0.1, -0.05) is 30.0 Å². The molecule has 2 aromatic carbocycles. The second-order valence-corrected chi connectivity index (χ2v) is 7.14. The van der Waals surface area contributed by atoms with E-state index in [1.807, 2.05) is 0 Å². The van der Waals surface area contributed by atoms with Crippen LogP contribution in [0.4, 0.5) is 18.9 Å². The predicted octanol–water partition coefficient (Wildman–Crippen LogP) is 5.60. The first-order chi connectivity index (χ1) is 14.2. The molecule has 0 fully saturated rings. The Bertz CT molecular complexity index is 1060. The lowest BCUT2D eigenvalue weighted by molar-refractivity contribution is -0.138. The fourth-order valence-corrected chi connectivity index (χ4v) is 3.62. The third-order valence-corrected chi connectivity index (χ3v) is 4.99. The molecule has 2 aromatic rings. The monoisotopic (exact) mass is 435 g/mol. The van der Waals surface area contributed by atoms with E-state index >= 15 is 0 Å². The maximum absolute atomic E-state index is 13.0. The zero-order valence-corrected chi connectivity index (χ0v) is 16.4. The smallest absolute Gasteiger partial charge is 0.416 e. The number of aliphatic hydroxyl groups is 1. The summed E-state index contributed by atoms with van der Waals surface area (Å²) < 4.78 is 43.9. The second-order valence-electron chi connectivity index (χ2n) is 6.11. The molecule has 0 amide bonds. The van der Waals surface area contributed by atoms with Crippen molar-refractivity contribution >= 4 is 34.5 Å². The standard InChI is InChI=1S/C21H16F3NO4S/c1-2-29-20(28)17-18(27)16(10-12-6-8-15(26)9-7-12)30-19(17)25-14-5-3-4-13(11-14)21(22,23)24/h3-11,26-27H,2H2,1H3/b16-10+,25-19?. The van der Waals surface area contributed by atoms with Crippen molar-refractivity contribution in [2.45, 2.75) is 13.1 Å². The number of phenolic OH excluding ortho intramolecular Hbond substituents is 1. The number of alkyl halides is 3. The van der Waals surface area contributed by atoms with E-state index in [0.29, 0.717) is 5.56 Å². The van der Waals surface area contributed by atoms with Crippen LogP contribution in [0.1, 0.15) is 18.1 Å². The van der Waals surface area contributed by atoms with Crippen LogP contribution in [0.3, 0.4) is 0 Å². The Hall–Kier alpha value is -3.20. The third-order valence-electron chi connectivity index (χ3n) is 3.97. The molecule has 0 aromatic heterocycles. The summed E-state index contributed by atoms with van der Waals surface area (Å²) in [7, 11) is 0. The van der Waals surface area contributed by atoms with Gasteiger partial charge in [-0.3, -0.25) is 0 Å². The number of nitrogens with zero attached hydrogens (tertiary/aromatic N) is 1. The first kappa shape index (κ1) is 21.5. The van der Waals surface area contributed by atoms with E-state index in [-0.39, 0.29) is 39.3 Å². The van der Waals surface area contributed by atoms with Gasteiger partial charge in [0.15, 0.2) is 0 Å². The lowest BCUT2D eigenvalue weighted by Gasteiger charge is -2.07. The lowest BCUT2D eigenvalue weighted by Crippen LogP contribution is -2.13. The number of benzene rings is 2. The van der Waals surface area contributed by atoms with E-state index < -0.39 is 17.7 Å². The highest BCUT2D eigenvalue weighted by atomic mass is 32.2. The number of halogens is 3. The van der Waals surface area contributed by atoms with Crippen molar-refractivity contribution < 1.29 is 32.9 Å². The minimum Gasteiger partial charge on any atom is -0.508 e. The van der Waals surface area contributed by atoms with Crippen molar-refractivity contribution in [3.8, 4) is 5.75 Å². The van der Waals surface area contributed by atoms with Gasteiger partial charge in [-0.05, 0) is 48.9 Å². The number of phenols is 1. The minimum atomic E-state index is -4.54. The molecular formula is C21H16F3NO4S. The van der Waals surface area contributed by atoms with Gasteiger partial charge in [-0.2, -0.15) is 13.2 Å². The highest BCUT2D eigenvalue weighted by molar-refractivity contribution is 8.18. The summed E-state index contributed by atoms with van der Waals surface area (Å²) in [6.07, 6.45) is -2.97. The first-order valence-corrected chi connectivity index (χ1v) is 9.56. The molecule has 5 nitrogen and oxygen atoms in total. The van der Waals surface area contributed by atoms with Gasteiger partial charge in [0.25, 0.3) is 0 Å². The summed E-state index contributed by atoms with van der Waals surface area (Å²) in [5.74, 6) is -1.14. The molecule has 0 spiro atoms. The van der Waals surface area contributed by atoms with Crippen molar-refractivity contribution in [2.75, 3.05) is 6.61 Å². The Kier molecular flexibility index (Phi) is 6.21. The summed E-state index contributed by atoms with van der Waals surface area (Å²) in [6, 6.07) is 10.5. The number of aliphatic imine (C=N–C) groups is 1. The topological polar surface area (TPSA) is 79.1 Å². The van der Waals surface area contributed by atoms with Gasteiger partial charge in [-0.25, -0.2) is 9.79 Å². The summed E-state index contributed by atoms with van der Waals surface area (Å²) in [5, 5.41) is 20.0. The maximum Gasteiger partial charge on any atom is 0.416 e. The number of aromatic hydroxyl groups is 1. The molecule has 0 aliphatic carbocycles. The molecule has 1 aliphatic heterocycles. The summed E-state index contributed by atoms with van der Waals surface area (Å²) >= 11 is 0.931. The molecule has 156 valence electrons. The Morgan fingerprint density at radius 3 is 2.50 bits per heavy atom. The molecule has 1 heterocycles. The Labute approximate surface area is 174 Å². The van der Waals surface area contributed by atoms with Crippen molar-refractivity contribution in [3.05, 3.63) is 75.9 Å². The van der Waals surface area contributed by atoms with Crippen LogP contribution < -0.4 is 0 Å². The molecule has 0 atom stereocenters. The van der Waals surface area contributed by atoms with Gasteiger partial charge in [-0.15, -0.1) is 0 Å². The number of carbonyl (C=O) groups excluding carboxylic acids is 1. The van der Waals surface area contributed by atoms with E-state index in [9.17, 15) is 28.2 Å². The lowest BCUT2D eigenvalue weighted by atomic mass is 10.1. The highest BCUT2D eigenvalue weighted by Crippen LogP contribution is 2.41. The van der Waals surface area contributed by atoms with Crippen molar-refractivity contribution in [1.82, 2.24) is 0 Å². The third kappa shape index (κ3) is 4.85. The largest absolute Gasteiger partial charge is 0.508 e. The molecule has 0 radical (unpaired) electrons. The van der Waals surface area contributed by atoms with Crippen LogP contribution in [0, 0.1) is 0 Å². The van der Waals surface area contributed by atoms with Gasteiger partial charge in [0.2, 0.25) is 0 Å². The molecule has 0 bridgehead atoms. The van der Waals surface area contributed by atoms with E-state index in [4.69, 9.17) is 4.74 Å². The zero-order chi connectivity index (χ0) is 21.9. The number of carbonyl (C=O) groups is 1. The number of hydrogen-bond donors (Lipinski definition) is 2. The van der Waals surface area contributed by atoms with Gasteiger partial charge in [0.05, 0.1) is 22.8 Å². The van der Waals surface area contributed by atoms with Crippen LogP contribution in [0.15, 0.2) is 69.8 Å². The van der Waals surface area contributed by atoms with Crippen LogP contribution in [0.5, 0.6) is 5.75 Å². The summed E-state index contributed by atoms with van der Waals surface area (Å²) in [5.41, 5.74) is -0.486. The zero-order valence-electron chi connectivity index (χ0n) is 15.6. The molecule has 9 heteroatoms. The molecular weight excluding hydrogens is 419 g/mol. The summed E-state index contributed by atoms with van der Waals surface area (Å²) in [4.78, 5) is 16.8. The van der Waals surface area contributed by atoms with Gasteiger partial charge >= 0.3 is 12.1 Å². The number of ether oxygens (including phenoxy) is 1. The van der Waals surface area contributed by atoms with E-state index in [0.717, 1.165) is 23.9 Å². The normalized spacial score (nSPS) is 17.1. The number of rotatable bonds is 4. The van der Waals surface area contributed by atoms with E-state index in [1.165, 1.54) is 24.3 Å². The number of aliphatic hydroxyl groups excluding tert-OH is 1. The number of esters is 1. The Morgan fingerprint density at radius 1 is 1.17 bits per heavy atom. The fourth-order valence-electron chi connectivity index (χ4n) is 2.58. The first-order valence-electron chi connectivity index (χ1n) is 8.74. The van der Waals surface area contributed by atoms with Crippen molar-refractivity contribution in [3.63, 3.8) is 0 Å². The molecule has 1 aliphatic rings. The van der Waals surface area contributed by atoms with Crippen molar-refractivity contribution in [2.24, 2.45) is 4.99 Å². The predicted molar refractivity (Wildman–Crippen MR) is 109 cm³/mol. The molecule has 30 heavy (non-hydrogen) atoms.